The minimum atomic E-state index is -0.508. The van der Waals surface area contributed by atoms with Gasteiger partial charge in [0.1, 0.15) is 5.75 Å². The van der Waals surface area contributed by atoms with Crippen LogP contribution >= 0.6 is 15.9 Å². The van der Waals surface area contributed by atoms with E-state index in [0.29, 0.717) is 27.3 Å². The van der Waals surface area contributed by atoms with E-state index in [1.165, 1.54) is 14.2 Å². The summed E-state index contributed by atoms with van der Waals surface area (Å²) in [6, 6.07) is 11.8. The van der Waals surface area contributed by atoms with Crippen LogP contribution in [0.5, 0.6) is 17.2 Å². The van der Waals surface area contributed by atoms with Gasteiger partial charge in [0.15, 0.2) is 18.1 Å². The quantitative estimate of drug-likeness (QED) is 0.716. The molecule has 0 atom stereocenters. The molecule has 0 saturated carbocycles. The van der Waals surface area contributed by atoms with Gasteiger partial charge in [0.25, 0.3) is 11.8 Å². The molecule has 0 unspecified atom stereocenters. The van der Waals surface area contributed by atoms with Crippen molar-refractivity contribution < 1.29 is 23.8 Å². The van der Waals surface area contributed by atoms with Crippen molar-refractivity contribution in [2.45, 2.75) is 0 Å². The summed E-state index contributed by atoms with van der Waals surface area (Å²) in [6.45, 7) is -0.271. The third-order valence-electron chi connectivity index (χ3n) is 3.16. The Morgan fingerprint density at radius 3 is 2.28 bits per heavy atom. The van der Waals surface area contributed by atoms with Crippen LogP contribution < -0.4 is 25.1 Å². The van der Waals surface area contributed by atoms with Crippen LogP contribution in [0.25, 0.3) is 0 Å². The van der Waals surface area contributed by atoms with E-state index in [9.17, 15) is 9.59 Å². The second kappa shape index (κ2) is 8.93. The van der Waals surface area contributed by atoms with Crippen molar-refractivity contribution in [3.8, 4) is 17.2 Å². The zero-order valence-electron chi connectivity index (χ0n) is 13.7. The molecule has 8 heteroatoms. The molecule has 2 amide bonds. The number of ether oxygens (including phenoxy) is 3. The first kappa shape index (κ1) is 18.6. The molecule has 7 nitrogen and oxygen atoms in total. The van der Waals surface area contributed by atoms with Crippen LogP contribution in [0.15, 0.2) is 46.9 Å². The highest BCUT2D eigenvalue weighted by Crippen LogP contribution is 2.26. The molecule has 0 aliphatic carbocycles. The molecule has 0 saturated heterocycles. The summed E-state index contributed by atoms with van der Waals surface area (Å²) < 4.78 is 16.2. The SMILES string of the molecule is COc1ccc(C(=O)NNC(=O)COc2ccccc2OC)cc1Br. The molecule has 0 bridgehead atoms. The maximum atomic E-state index is 12.0. The highest BCUT2D eigenvalue weighted by Gasteiger charge is 2.11. The third kappa shape index (κ3) is 5.12. The second-order valence-electron chi connectivity index (χ2n) is 4.79. The molecule has 0 fully saturated rings. The number of rotatable bonds is 6. The molecule has 0 aromatic heterocycles. The minimum Gasteiger partial charge on any atom is -0.496 e. The summed E-state index contributed by atoms with van der Waals surface area (Å²) in [7, 11) is 3.04. The fraction of sp³-hybridized carbons (Fsp3) is 0.176. The van der Waals surface area contributed by atoms with Gasteiger partial charge in [-0.3, -0.25) is 20.4 Å². The Morgan fingerprint density at radius 2 is 1.64 bits per heavy atom. The van der Waals surface area contributed by atoms with Crippen molar-refractivity contribution in [1.82, 2.24) is 10.9 Å². The van der Waals surface area contributed by atoms with Crippen LogP contribution in [-0.4, -0.2) is 32.6 Å². The first-order chi connectivity index (χ1) is 12.0. The van der Waals surface area contributed by atoms with E-state index in [4.69, 9.17) is 14.2 Å². The van der Waals surface area contributed by atoms with Crippen LogP contribution in [-0.2, 0) is 4.79 Å². The number of benzene rings is 2. The number of nitrogens with one attached hydrogen (secondary N) is 2. The molecule has 2 aromatic rings. The molecule has 0 spiro atoms. The van der Waals surface area contributed by atoms with Crippen LogP contribution in [0.2, 0.25) is 0 Å². The maximum absolute atomic E-state index is 12.0. The van der Waals surface area contributed by atoms with Crippen LogP contribution in [0, 0.1) is 0 Å². The summed E-state index contributed by atoms with van der Waals surface area (Å²) in [5, 5.41) is 0. The Labute approximate surface area is 153 Å². The van der Waals surface area contributed by atoms with Gasteiger partial charge < -0.3 is 14.2 Å². The first-order valence-corrected chi connectivity index (χ1v) is 8.03. The van der Waals surface area contributed by atoms with Crippen LogP contribution in [0.4, 0.5) is 0 Å². The van der Waals surface area contributed by atoms with E-state index >= 15 is 0 Å². The standard InChI is InChI=1S/C17H17BrN2O5/c1-23-13-8-7-11(9-12(13)18)17(22)20-19-16(21)10-25-15-6-4-3-5-14(15)24-2/h3-9H,10H2,1-2H3,(H,19,21)(H,20,22). The van der Waals surface area contributed by atoms with Crippen molar-refractivity contribution >= 4 is 27.7 Å². The lowest BCUT2D eigenvalue weighted by molar-refractivity contribution is -0.123. The normalized spacial score (nSPS) is 9.88. The van der Waals surface area contributed by atoms with E-state index in [0.717, 1.165) is 0 Å². The topological polar surface area (TPSA) is 85.9 Å². The summed E-state index contributed by atoms with van der Waals surface area (Å²) >= 11 is 3.30. The van der Waals surface area contributed by atoms with Crippen molar-refractivity contribution in [3.63, 3.8) is 0 Å². The monoisotopic (exact) mass is 408 g/mol. The zero-order chi connectivity index (χ0) is 18.2. The molecule has 0 aliphatic rings. The zero-order valence-corrected chi connectivity index (χ0v) is 15.3. The Balaban J connectivity index is 1.85. The molecular weight excluding hydrogens is 392 g/mol. The first-order valence-electron chi connectivity index (χ1n) is 7.23. The van der Waals surface area contributed by atoms with Gasteiger partial charge in [-0.2, -0.15) is 0 Å². The van der Waals surface area contributed by atoms with Gasteiger partial charge >= 0.3 is 0 Å². The van der Waals surface area contributed by atoms with Gasteiger partial charge in [0.05, 0.1) is 18.7 Å². The van der Waals surface area contributed by atoms with Gasteiger partial charge in [-0.1, -0.05) is 12.1 Å². The van der Waals surface area contributed by atoms with E-state index in [-0.39, 0.29) is 6.61 Å². The number of hydrogen-bond donors (Lipinski definition) is 2. The lowest BCUT2D eigenvalue weighted by atomic mass is 10.2. The van der Waals surface area contributed by atoms with Crippen molar-refractivity contribution in [3.05, 3.63) is 52.5 Å². The lowest BCUT2D eigenvalue weighted by Crippen LogP contribution is -2.43. The smallest absolute Gasteiger partial charge is 0.276 e. The molecule has 2 rings (SSSR count). The van der Waals surface area contributed by atoms with E-state index < -0.39 is 11.8 Å². The predicted molar refractivity (Wildman–Crippen MR) is 94.8 cm³/mol. The number of para-hydroxylation sites is 2. The number of carbonyl (C=O) groups is 2. The number of hydrazine groups is 1. The van der Waals surface area contributed by atoms with Gasteiger partial charge in [-0.05, 0) is 46.3 Å². The van der Waals surface area contributed by atoms with Crippen molar-refractivity contribution in [1.29, 1.82) is 0 Å². The Bertz CT molecular complexity index is 766. The van der Waals surface area contributed by atoms with Crippen molar-refractivity contribution in [2.24, 2.45) is 0 Å². The Morgan fingerprint density at radius 1 is 0.960 bits per heavy atom. The molecule has 25 heavy (non-hydrogen) atoms. The van der Waals surface area contributed by atoms with Gasteiger partial charge in [0, 0.05) is 5.56 Å². The van der Waals surface area contributed by atoms with Crippen LogP contribution in [0.1, 0.15) is 10.4 Å². The fourth-order valence-electron chi connectivity index (χ4n) is 1.92. The summed E-state index contributed by atoms with van der Waals surface area (Å²) in [5.74, 6) is 0.583. The molecule has 2 N–H and O–H groups in total. The molecular formula is C17H17BrN2O5. The highest BCUT2D eigenvalue weighted by atomic mass is 79.9. The van der Waals surface area contributed by atoms with E-state index in [1.54, 1.807) is 42.5 Å². The van der Waals surface area contributed by atoms with Gasteiger partial charge in [-0.25, -0.2) is 0 Å². The molecule has 2 aromatic carbocycles. The van der Waals surface area contributed by atoms with E-state index in [1.807, 2.05) is 0 Å². The Hall–Kier alpha value is -2.74. The summed E-state index contributed by atoms with van der Waals surface area (Å²) in [6.07, 6.45) is 0. The third-order valence-corrected chi connectivity index (χ3v) is 3.78. The largest absolute Gasteiger partial charge is 0.496 e. The second-order valence-corrected chi connectivity index (χ2v) is 5.65. The molecule has 0 radical (unpaired) electrons. The Kier molecular flexibility index (Phi) is 6.64. The predicted octanol–water partition coefficient (Wildman–Crippen LogP) is 2.31. The van der Waals surface area contributed by atoms with Gasteiger partial charge in [0.2, 0.25) is 0 Å². The van der Waals surface area contributed by atoms with Gasteiger partial charge in [-0.15, -0.1) is 0 Å². The minimum absolute atomic E-state index is 0.271. The van der Waals surface area contributed by atoms with E-state index in [2.05, 4.69) is 26.8 Å². The van der Waals surface area contributed by atoms with Crippen LogP contribution in [0.3, 0.4) is 0 Å². The number of hydrogen-bond acceptors (Lipinski definition) is 5. The summed E-state index contributed by atoms with van der Waals surface area (Å²) in [5.41, 5.74) is 4.96. The lowest BCUT2D eigenvalue weighted by Gasteiger charge is -2.11. The molecule has 0 heterocycles. The fourth-order valence-corrected chi connectivity index (χ4v) is 2.46. The number of carbonyl (C=O) groups excluding carboxylic acids is 2. The average molecular weight is 409 g/mol. The number of halogens is 1. The molecule has 132 valence electrons. The number of amides is 2. The summed E-state index contributed by atoms with van der Waals surface area (Å²) in [4.78, 5) is 23.8. The maximum Gasteiger partial charge on any atom is 0.276 e. The number of methoxy groups -OCH3 is 2. The average Bonchev–Trinajstić information content (AvgIpc) is 2.64. The van der Waals surface area contributed by atoms with Crippen molar-refractivity contribution in [2.75, 3.05) is 20.8 Å². The molecule has 0 aliphatic heterocycles. The highest BCUT2D eigenvalue weighted by molar-refractivity contribution is 9.10.